The minimum absolute atomic E-state index is 0.0582. The third-order valence-electron chi connectivity index (χ3n) is 1.93. The Morgan fingerprint density at radius 2 is 2.27 bits per heavy atom. The lowest BCUT2D eigenvalue weighted by Gasteiger charge is -2.13. The highest BCUT2D eigenvalue weighted by atomic mass is 79.9. The molecule has 0 spiro atoms. The van der Waals surface area contributed by atoms with Crippen molar-refractivity contribution in [3.8, 4) is 5.75 Å². The fourth-order valence-electron chi connectivity index (χ4n) is 1.23. The summed E-state index contributed by atoms with van der Waals surface area (Å²) in [5.41, 5.74) is 0.849. The molecule has 15 heavy (non-hydrogen) atoms. The molecule has 1 atom stereocenters. The highest BCUT2D eigenvalue weighted by Gasteiger charge is 2.17. The summed E-state index contributed by atoms with van der Waals surface area (Å²) in [4.78, 5) is 11.8. The maximum atomic E-state index is 11.3. The van der Waals surface area contributed by atoms with Crippen LogP contribution >= 0.6 is 28.6 Å². The zero-order chi connectivity index (χ0) is 11.4. The maximum Gasteiger partial charge on any atom is 0.147 e. The SMILES string of the molecule is CCOc1cc(S)ccc1C(Br)C(C)=O. The molecule has 82 valence electrons. The minimum atomic E-state index is -0.312. The highest BCUT2D eigenvalue weighted by Crippen LogP contribution is 2.33. The molecular formula is C11H13BrO2S. The van der Waals surface area contributed by atoms with Crippen LogP contribution in [0.1, 0.15) is 24.2 Å². The van der Waals surface area contributed by atoms with E-state index in [2.05, 4.69) is 28.6 Å². The maximum absolute atomic E-state index is 11.3. The molecular weight excluding hydrogens is 276 g/mol. The first-order valence-electron chi connectivity index (χ1n) is 4.66. The van der Waals surface area contributed by atoms with E-state index in [0.29, 0.717) is 12.4 Å². The van der Waals surface area contributed by atoms with E-state index in [4.69, 9.17) is 4.74 Å². The van der Waals surface area contributed by atoms with Gasteiger partial charge in [-0.05, 0) is 26.0 Å². The molecule has 0 saturated heterocycles. The lowest BCUT2D eigenvalue weighted by atomic mass is 10.1. The molecule has 4 heteroatoms. The lowest BCUT2D eigenvalue weighted by molar-refractivity contribution is -0.116. The molecule has 1 aromatic rings. The molecule has 0 fully saturated rings. The second-order valence-electron chi connectivity index (χ2n) is 3.13. The average Bonchev–Trinajstić information content (AvgIpc) is 2.17. The molecule has 0 radical (unpaired) electrons. The largest absolute Gasteiger partial charge is 0.493 e. The van der Waals surface area contributed by atoms with Crippen molar-refractivity contribution in [3.63, 3.8) is 0 Å². The normalized spacial score (nSPS) is 12.3. The van der Waals surface area contributed by atoms with Crippen molar-refractivity contribution in [3.05, 3.63) is 23.8 Å². The summed E-state index contributed by atoms with van der Waals surface area (Å²) in [6.07, 6.45) is 0. The standard InChI is InChI=1S/C11H13BrO2S/c1-3-14-10-6-8(15)4-5-9(10)11(12)7(2)13/h4-6,11,15H,3H2,1-2H3. The van der Waals surface area contributed by atoms with Crippen LogP contribution in [0.3, 0.4) is 0 Å². The van der Waals surface area contributed by atoms with E-state index in [0.717, 1.165) is 10.5 Å². The number of alkyl halides is 1. The number of hydrogen-bond acceptors (Lipinski definition) is 3. The summed E-state index contributed by atoms with van der Waals surface area (Å²) in [6.45, 7) is 4.03. The van der Waals surface area contributed by atoms with Gasteiger partial charge in [-0.1, -0.05) is 22.0 Å². The Morgan fingerprint density at radius 3 is 2.80 bits per heavy atom. The van der Waals surface area contributed by atoms with Crippen LogP contribution in [0, 0.1) is 0 Å². The van der Waals surface area contributed by atoms with E-state index in [1.807, 2.05) is 25.1 Å². The highest BCUT2D eigenvalue weighted by molar-refractivity contribution is 9.09. The monoisotopic (exact) mass is 288 g/mol. The third-order valence-corrected chi connectivity index (χ3v) is 3.34. The number of Topliss-reactive ketones (excluding diaryl/α,β-unsaturated/α-hetero) is 1. The third kappa shape index (κ3) is 3.24. The number of thiol groups is 1. The Balaban J connectivity index is 3.10. The quantitative estimate of drug-likeness (QED) is 0.679. The van der Waals surface area contributed by atoms with E-state index in [9.17, 15) is 4.79 Å². The van der Waals surface area contributed by atoms with Crippen molar-refractivity contribution in [2.75, 3.05) is 6.61 Å². The Hall–Kier alpha value is -0.480. The molecule has 1 aromatic carbocycles. The van der Waals surface area contributed by atoms with Gasteiger partial charge in [0.1, 0.15) is 16.4 Å². The van der Waals surface area contributed by atoms with Gasteiger partial charge in [-0.25, -0.2) is 0 Å². The second kappa shape index (κ2) is 5.56. The summed E-state index contributed by atoms with van der Waals surface area (Å²) in [5.74, 6) is 0.768. The van der Waals surface area contributed by atoms with Gasteiger partial charge in [-0.3, -0.25) is 4.79 Å². The number of benzene rings is 1. The molecule has 0 saturated carbocycles. The van der Waals surface area contributed by atoms with Gasteiger partial charge in [0.25, 0.3) is 0 Å². The van der Waals surface area contributed by atoms with Crippen molar-refractivity contribution in [2.24, 2.45) is 0 Å². The van der Waals surface area contributed by atoms with Gasteiger partial charge >= 0.3 is 0 Å². The van der Waals surface area contributed by atoms with Crippen LogP contribution in [0.25, 0.3) is 0 Å². The summed E-state index contributed by atoms with van der Waals surface area (Å²) in [5, 5.41) is 0. The molecule has 1 unspecified atom stereocenters. The van der Waals surface area contributed by atoms with Crippen LogP contribution < -0.4 is 4.74 Å². The number of ketones is 1. The van der Waals surface area contributed by atoms with E-state index in [1.165, 1.54) is 0 Å². The summed E-state index contributed by atoms with van der Waals surface area (Å²) >= 11 is 7.58. The van der Waals surface area contributed by atoms with Crippen molar-refractivity contribution < 1.29 is 9.53 Å². The molecule has 0 aromatic heterocycles. The van der Waals surface area contributed by atoms with Gasteiger partial charge < -0.3 is 4.74 Å². The molecule has 0 N–H and O–H groups in total. The number of carbonyl (C=O) groups excluding carboxylic acids is 1. The van der Waals surface area contributed by atoms with Crippen LogP contribution in [0.4, 0.5) is 0 Å². The molecule has 0 aliphatic carbocycles. The van der Waals surface area contributed by atoms with Crippen molar-refractivity contribution >= 4 is 34.3 Å². The fourth-order valence-corrected chi connectivity index (χ4v) is 1.80. The Kier molecular flexibility index (Phi) is 4.67. The zero-order valence-corrected chi connectivity index (χ0v) is 11.1. The van der Waals surface area contributed by atoms with Gasteiger partial charge in [0.15, 0.2) is 0 Å². The first-order chi connectivity index (χ1) is 7.06. The number of halogens is 1. The summed E-state index contributed by atoms with van der Waals surface area (Å²) in [7, 11) is 0. The summed E-state index contributed by atoms with van der Waals surface area (Å²) in [6, 6.07) is 5.52. The van der Waals surface area contributed by atoms with E-state index >= 15 is 0 Å². The molecule has 0 aliphatic heterocycles. The van der Waals surface area contributed by atoms with Gasteiger partial charge in [-0.15, -0.1) is 12.6 Å². The van der Waals surface area contributed by atoms with Crippen LogP contribution in [-0.4, -0.2) is 12.4 Å². The average molecular weight is 289 g/mol. The van der Waals surface area contributed by atoms with Crippen molar-refractivity contribution in [2.45, 2.75) is 23.6 Å². The second-order valence-corrected chi connectivity index (χ2v) is 4.56. The molecule has 0 heterocycles. The van der Waals surface area contributed by atoms with Crippen LogP contribution in [-0.2, 0) is 4.79 Å². The summed E-state index contributed by atoms with van der Waals surface area (Å²) < 4.78 is 5.46. The predicted molar refractivity (Wildman–Crippen MR) is 67.2 cm³/mol. The molecule has 0 bridgehead atoms. The van der Waals surface area contributed by atoms with E-state index in [-0.39, 0.29) is 10.6 Å². The lowest BCUT2D eigenvalue weighted by Crippen LogP contribution is -2.04. The van der Waals surface area contributed by atoms with Gasteiger partial charge in [0, 0.05) is 10.5 Å². The number of carbonyl (C=O) groups is 1. The van der Waals surface area contributed by atoms with Crippen molar-refractivity contribution in [1.82, 2.24) is 0 Å². The molecule has 2 nitrogen and oxygen atoms in total. The zero-order valence-electron chi connectivity index (χ0n) is 8.66. The van der Waals surface area contributed by atoms with Crippen LogP contribution in [0.2, 0.25) is 0 Å². The topological polar surface area (TPSA) is 26.3 Å². The van der Waals surface area contributed by atoms with E-state index in [1.54, 1.807) is 6.92 Å². The first kappa shape index (κ1) is 12.6. The smallest absolute Gasteiger partial charge is 0.147 e. The van der Waals surface area contributed by atoms with Gasteiger partial charge in [-0.2, -0.15) is 0 Å². The molecule has 0 amide bonds. The van der Waals surface area contributed by atoms with Crippen molar-refractivity contribution in [1.29, 1.82) is 0 Å². The number of rotatable bonds is 4. The fraction of sp³-hybridized carbons (Fsp3) is 0.364. The van der Waals surface area contributed by atoms with E-state index < -0.39 is 0 Å². The number of ether oxygens (including phenoxy) is 1. The van der Waals surface area contributed by atoms with Crippen LogP contribution in [0.15, 0.2) is 23.1 Å². The number of hydrogen-bond donors (Lipinski definition) is 1. The van der Waals surface area contributed by atoms with Gasteiger partial charge in [0.2, 0.25) is 0 Å². The Morgan fingerprint density at radius 1 is 1.60 bits per heavy atom. The molecule has 1 rings (SSSR count). The Labute approximate surface area is 104 Å². The first-order valence-corrected chi connectivity index (χ1v) is 6.02. The minimum Gasteiger partial charge on any atom is -0.493 e. The Bertz CT molecular complexity index is 366. The molecule has 0 aliphatic rings. The predicted octanol–water partition coefficient (Wildman–Crippen LogP) is 3.40. The van der Waals surface area contributed by atoms with Crippen LogP contribution in [0.5, 0.6) is 5.75 Å². The van der Waals surface area contributed by atoms with Gasteiger partial charge in [0.05, 0.1) is 6.61 Å².